The van der Waals surface area contributed by atoms with E-state index < -0.39 is 5.60 Å². The molecule has 29 heavy (non-hydrogen) atoms. The van der Waals surface area contributed by atoms with Crippen molar-refractivity contribution < 1.29 is 14.3 Å². The van der Waals surface area contributed by atoms with Crippen LogP contribution in [0.3, 0.4) is 0 Å². The fourth-order valence-electron chi connectivity index (χ4n) is 4.59. The third kappa shape index (κ3) is 3.81. The number of imidazole rings is 1. The molecule has 1 saturated carbocycles. The van der Waals surface area contributed by atoms with Crippen LogP contribution in [0.5, 0.6) is 0 Å². The van der Waals surface area contributed by atoms with E-state index in [1.807, 2.05) is 45.2 Å². The fourth-order valence-corrected chi connectivity index (χ4v) is 5.08. The number of fused-ring (bicyclic) bond motifs is 2. The standard InChI is InChI=1S/C22H28BrN3O3/c1-21(2,3)29-20(28)25-11-13-14(12-25)17(13)16(27)10-22(4,5)19-24-18(23)15-8-6-7-9-26(15)19/h6-9,13-14,17H,10-12H2,1-5H3/t13-,14+,17?. The number of aromatic nitrogens is 2. The van der Waals surface area contributed by atoms with Crippen molar-refractivity contribution in [1.29, 1.82) is 0 Å². The molecule has 7 heteroatoms. The van der Waals surface area contributed by atoms with Crippen LogP contribution in [0.4, 0.5) is 4.79 Å². The van der Waals surface area contributed by atoms with Crippen molar-refractivity contribution in [3.8, 4) is 0 Å². The van der Waals surface area contributed by atoms with Crippen LogP contribution >= 0.6 is 15.9 Å². The summed E-state index contributed by atoms with van der Waals surface area (Å²) in [5.74, 6) is 1.76. The maximum Gasteiger partial charge on any atom is 0.410 e. The Morgan fingerprint density at radius 3 is 2.45 bits per heavy atom. The molecule has 4 rings (SSSR count). The minimum absolute atomic E-state index is 0.0580. The number of likely N-dealkylation sites (tertiary alicyclic amines) is 1. The van der Waals surface area contributed by atoms with Crippen LogP contribution in [0.2, 0.25) is 0 Å². The monoisotopic (exact) mass is 461 g/mol. The molecular weight excluding hydrogens is 434 g/mol. The molecule has 3 heterocycles. The third-order valence-corrected chi connectivity index (χ3v) is 6.53. The summed E-state index contributed by atoms with van der Waals surface area (Å²) in [4.78, 5) is 31.8. The van der Waals surface area contributed by atoms with Crippen molar-refractivity contribution in [3.63, 3.8) is 0 Å². The second kappa shape index (κ2) is 6.83. The molecule has 0 spiro atoms. The van der Waals surface area contributed by atoms with Crippen LogP contribution in [-0.4, -0.2) is 44.9 Å². The summed E-state index contributed by atoms with van der Waals surface area (Å²) >= 11 is 3.53. The molecule has 3 atom stereocenters. The van der Waals surface area contributed by atoms with Crippen molar-refractivity contribution in [2.24, 2.45) is 17.8 Å². The topological polar surface area (TPSA) is 63.9 Å². The molecule has 1 unspecified atom stereocenters. The lowest BCUT2D eigenvalue weighted by Gasteiger charge is -2.26. The van der Waals surface area contributed by atoms with E-state index >= 15 is 0 Å². The SMILES string of the molecule is CC(C)(C)OC(=O)N1C[C@@H]2C(C(=O)CC(C)(C)c3nc(Br)c4ccccn34)[C@@H]2C1. The Labute approximate surface area is 179 Å². The van der Waals surface area contributed by atoms with Crippen LogP contribution in [0.25, 0.3) is 5.52 Å². The maximum atomic E-state index is 13.1. The largest absolute Gasteiger partial charge is 0.444 e. The quantitative estimate of drug-likeness (QED) is 0.674. The number of carbonyl (C=O) groups excluding carboxylic acids is 2. The number of ether oxygens (including phenoxy) is 1. The summed E-state index contributed by atoms with van der Waals surface area (Å²) < 4.78 is 8.30. The molecule has 0 N–H and O–H groups in total. The van der Waals surface area contributed by atoms with Gasteiger partial charge in [0.05, 0.1) is 5.52 Å². The van der Waals surface area contributed by atoms with Crippen LogP contribution in [0, 0.1) is 17.8 Å². The van der Waals surface area contributed by atoms with Gasteiger partial charge in [0.15, 0.2) is 0 Å². The average molecular weight is 462 g/mol. The molecule has 2 aromatic rings. The van der Waals surface area contributed by atoms with E-state index in [1.54, 1.807) is 4.90 Å². The Morgan fingerprint density at radius 1 is 1.17 bits per heavy atom. The molecule has 2 aliphatic rings. The molecule has 156 valence electrons. The van der Waals surface area contributed by atoms with Gasteiger partial charge in [-0.1, -0.05) is 19.9 Å². The van der Waals surface area contributed by atoms with Gasteiger partial charge in [0, 0.05) is 37.0 Å². The second-order valence-electron chi connectivity index (χ2n) is 9.95. The number of halogens is 1. The van der Waals surface area contributed by atoms with Gasteiger partial charge in [-0.05, 0) is 60.7 Å². The molecule has 2 aromatic heterocycles. The van der Waals surface area contributed by atoms with E-state index in [4.69, 9.17) is 9.72 Å². The first-order valence-electron chi connectivity index (χ1n) is 10.1. The van der Waals surface area contributed by atoms with Crippen LogP contribution < -0.4 is 0 Å². The summed E-state index contributed by atoms with van der Waals surface area (Å²) in [5, 5.41) is 0. The van der Waals surface area contributed by atoms with E-state index in [2.05, 4.69) is 34.2 Å². The average Bonchev–Trinajstić information content (AvgIpc) is 2.95. The lowest BCUT2D eigenvalue weighted by Crippen LogP contribution is -2.37. The number of nitrogens with zero attached hydrogens (tertiary/aromatic N) is 3. The van der Waals surface area contributed by atoms with Gasteiger partial charge in [0.25, 0.3) is 0 Å². The van der Waals surface area contributed by atoms with Crippen LogP contribution in [0.1, 0.15) is 46.9 Å². The zero-order valence-corrected chi connectivity index (χ0v) is 19.2. The third-order valence-electron chi connectivity index (χ3n) is 5.94. The number of carbonyl (C=O) groups is 2. The van der Waals surface area contributed by atoms with Crippen molar-refractivity contribution in [2.75, 3.05) is 13.1 Å². The van der Waals surface area contributed by atoms with E-state index in [0.29, 0.717) is 19.5 Å². The Bertz CT molecular complexity index is 963. The molecular formula is C22H28BrN3O3. The van der Waals surface area contributed by atoms with E-state index in [0.717, 1.165) is 15.9 Å². The smallest absolute Gasteiger partial charge is 0.410 e. The van der Waals surface area contributed by atoms with Gasteiger partial charge in [-0.25, -0.2) is 9.78 Å². The lowest BCUT2D eigenvalue weighted by molar-refractivity contribution is -0.122. The second-order valence-corrected chi connectivity index (χ2v) is 10.7. The molecule has 1 aliphatic heterocycles. The highest BCUT2D eigenvalue weighted by Crippen LogP contribution is 2.53. The summed E-state index contributed by atoms with van der Waals surface area (Å²) in [6, 6.07) is 5.96. The number of hydrogen-bond acceptors (Lipinski definition) is 4. The van der Waals surface area contributed by atoms with E-state index in [-0.39, 0.29) is 35.0 Å². The summed E-state index contributed by atoms with van der Waals surface area (Å²) in [7, 11) is 0. The predicted molar refractivity (Wildman–Crippen MR) is 114 cm³/mol. The molecule has 1 amide bonds. The normalized spacial score (nSPS) is 23.9. The van der Waals surface area contributed by atoms with Crippen molar-refractivity contribution in [1.82, 2.24) is 14.3 Å². The van der Waals surface area contributed by atoms with Gasteiger partial charge < -0.3 is 14.0 Å². The van der Waals surface area contributed by atoms with Gasteiger partial charge in [-0.3, -0.25) is 4.79 Å². The number of Topliss-reactive ketones (excluding diaryl/α,β-unsaturated/α-hetero) is 1. The molecule has 0 bridgehead atoms. The zero-order valence-electron chi connectivity index (χ0n) is 17.6. The van der Waals surface area contributed by atoms with Gasteiger partial charge in [0.1, 0.15) is 21.8 Å². The van der Waals surface area contributed by atoms with Gasteiger partial charge in [-0.15, -0.1) is 0 Å². The number of ketones is 1. The highest BCUT2D eigenvalue weighted by molar-refractivity contribution is 9.10. The summed E-state index contributed by atoms with van der Waals surface area (Å²) in [6.45, 7) is 11.0. The lowest BCUT2D eigenvalue weighted by atomic mass is 9.84. The van der Waals surface area contributed by atoms with Gasteiger partial charge in [-0.2, -0.15) is 0 Å². The fraction of sp³-hybridized carbons (Fsp3) is 0.591. The minimum Gasteiger partial charge on any atom is -0.444 e. The first-order valence-corrected chi connectivity index (χ1v) is 10.9. The molecule has 0 aromatic carbocycles. The number of amides is 1. The Balaban J connectivity index is 1.41. The van der Waals surface area contributed by atoms with Crippen molar-refractivity contribution in [3.05, 3.63) is 34.8 Å². The molecule has 1 aliphatic carbocycles. The zero-order chi connectivity index (χ0) is 21.1. The molecule has 2 fully saturated rings. The number of hydrogen-bond donors (Lipinski definition) is 0. The van der Waals surface area contributed by atoms with Gasteiger partial charge in [0.2, 0.25) is 0 Å². The van der Waals surface area contributed by atoms with E-state index in [1.165, 1.54) is 0 Å². The summed E-state index contributed by atoms with van der Waals surface area (Å²) in [5.41, 5.74) is 0.124. The van der Waals surface area contributed by atoms with Gasteiger partial charge >= 0.3 is 6.09 Å². The Kier molecular flexibility index (Phi) is 4.80. The maximum absolute atomic E-state index is 13.1. The molecule has 1 saturated heterocycles. The minimum atomic E-state index is -0.496. The van der Waals surface area contributed by atoms with E-state index in [9.17, 15) is 9.59 Å². The van der Waals surface area contributed by atoms with Crippen LogP contribution in [-0.2, 0) is 14.9 Å². The predicted octanol–water partition coefficient (Wildman–Crippen LogP) is 4.45. The molecule has 0 radical (unpaired) electrons. The molecule has 6 nitrogen and oxygen atoms in total. The Hall–Kier alpha value is -1.89. The van der Waals surface area contributed by atoms with Crippen molar-refractivity contribution >= 4 is 33.3 Å². The first-order chi connectivity index (χ1) is 13.5. The van der Waals surface area contributed by atoms with Crippen molar-refractivity contribution in [2.45, 2.75) is 52.1 Å². The highest BCUT2D eigenvalue weighted by atomic mass is 79.9. The van der Waals surface area contributed by atoms with Crippen LogP contribution in [0.15, 0.2) is 29.0 Å². The Morgan fingerprint density at radius 2 is 1.83 bits per heavy atom. The number of rotatable bonds is 4. The number of pyridine rings is 1. The highest BCUT2D eigenvalue weighted by Gasteiger charge is 2.60. The number of piperidine rings is 1. The first kappa shape index (κ1) is 20.4. The summed E-state index contributed by atoms with van der Waals surface area (Å²) in [6.07, 6.45) is 2.15.